The Bertz CT molecular complexity index is 311. The minimum atomic E-state index is -0.711. The van der Waals surface area contributed by atoms with E-state index < -0.39 is 5.97 Å². The summed E-state index contributed by atoms with van der Waals surface area (Å²) in [6, 6.07) is 0. The van der Waals surface area contributed by atoms with Crippen molar-refractivity contribution in [2.75, 3.05) is 0 Å². The molecule has 0 spiro atoms. The minimum Gasteiger partial charge on any atom is -0.875 e. The Morgan fingerprint density at radius 3 is 2.27 bits per heavy atom. The quantitative estimate of drug-likeness (QED) is 0.229. The minimum absolute atomic E-state index is 0. The zero-order valence-electron chi connectivity index (χ0n) is 14.5. The fourth-order valence-electron chi connectivity index (χ4n) is 2.13. The summed E-state index contributed by atoms with van der Waals surface area (Å²) in [6.07, 6.45) is 17.3. The van der Waals surface area contributed by atoms with Crippen LogP contribution in [0, 0.1) is 0 Å². The van der Waals surface area contributed by atoms with Crippen molar-refractivity contribution in [2.24, 2.45) is 0 Å². The van der Waals surface area contributed by atoms with Crippen molar-refractivity contribution in [3.63, 3.8) is 0 Å². The van der Waals surface area contributed by atoms with Crippen LogP contribution in [0.5, 0.6) is 0 Å². The van der Waals surface area contributed by atoms with Crippen LogP contribution < -0.4 is 34.7 Å². The zero-order chi connectivity index (χ0) is 15.8. The molecule has 0 aliphatic heterocycles. The van der Waals surface area contributed by atoms with Crippen LogP contribution in [-0.4, -0.2) is 11.1 Å². The Kier molecular flexibility index (Phi) is 20.5. The molecule has 0 saturated carbocycles. The Balaban J connectivity index is 0. The SMILES string of the molecule is CCCCC/C=C\C/C([O-])=C\CCCCCCCC(=O)O.[Na+]. The molecule has 0 rings (SSSR count). The molecule has 122 valence electrons. The average molecular weight is 318 g/mol. The van der Waals surface area contributed by atoms with Crippen LogP contribution in [0.1, 0.15) is 84.0 Å². The summed E-state index contributed by atoms with van der Waals surface area (Å²) < 4.78 is 0. The molecule has 22 heavy (non-hydrogen) atoms. The molecule has 1 N–H and O–H groups in total. The Morgan fingerprint density at radius 1 is 0.955 bits per heavy atom. The van der Waals surface area contributed by atoms with Crippen LogP contribution in [0.15, 0.2) is 24.0 Å². The van der Waals surface area contributed by atoms with Crippen molar-refractivity contribution in [3.05, 3.63) is 24.0 Å². The average Bonchev–Trinajstić information content (AvgIpc) is 2.45. The molecule has 0 aromatic carbocycles. The maximum absolute atomic E-state index is 11.6. The predicted molar refractivity (Wildman–Crippen MR) is 85.9 cm³/mol. The first-order valence-corrected chi connectivity index (χ1v) is 8.39. The molecule has 0 fully saturated rings. The zero-order valence-corrected chi connectivity index (χ0v) is 16.5. The van der Waals surface area contributed by atoms with Crippen LogP contribution in [0.2, 0.25) is 0 Å². The van der Waals surface area contributed by atoms with Gasteiger partial charge in [0.2, 0.25) is 0 Å². The molecule has 0 heterocycles. The molecule has 0 amide bonds. The van der Waals surface area contributed by atoms with Crippen LogP contribution >= 0.6 is 0 Å². The molecule has 0 saturated heterocycles. The van der Waals surface area contributed by atoms with Gasteiger partial charge in [-0.15, -0.1) is 5.76 Å². The number of hydrogen-bond acceptors (Lipinski definition) is 2. The third kappa shape index (κ3) is 19.8. The van der Waals surface area contributed by atoms with Crippen LogP contribution in [-0.2, 0) is 4.79 Å². The van der Waals surface area contributed by atoms with Gasteiger partial charge in [0.05, 0.1) is 0 Å². The molecular weight excluding hydrogens is 287 g/mol. The van der Waals surface area contributed by atoms with Gasteiger partial charge in [0.25, 0.3) is 0 Å². The number of rotatable bonds is 14. The maximum atomic E-state index is 11.6. The summed E-state index contributed by atoms with van der Waals surface area (Å²) in [5.41, 5.74) is 0. The molecule has 0 aliphatic rings. The molecule has 0 aromatic heterocycles. The number of hydrogen-bond donors (Lipinski definition) is 1. The van der Waals surface area contributed by atoms with E-state index in [1.54, 1.807) is 6.08 Å². The van der Waals surface area contributed by atoms with Gasteiger partial charge in [0.15, 0.2) is 0 Å². The van der Waals surface area contributed by atoms with Gasteiger partial charge in [-0.05, 0) is 38.5 Å². The first-order valence-electron chi connectivity index (χ1n) is 8.39. The summed E-state index contributed by atoms with van der Waals surface area (Å²) in [6.45, 7) is 2.19. The molecule has 0 unspecified atom stereocenters. The van der Waals surface area contributed by atoms with E-state index in [2.05, 4.69) is 13.0 Å². The van der Waals surface area contributed by atoms with Gasteiger partial charge in [-0.1, -0.05) is 57.3 Å². The van der Waals surface area contributed by atoms with E-state index in [1.807, 2.05) is 6.08 Å². The van der Waals surface area contributed by atoms with Gasteiger partial charge in [-0.25, -0.2) is 0 Å². The standard InChI is InChI=1S/C18H32O3.Na/c1-2-3-4-5-8-11-14-17(19)15-12-9-6-7-10-13-16-18(20)21;/h8,11,15,19H,2-7,9-10,12-14,16H2,1H3,(H,20,21);/q;+1/p-1/b11-8-,17-15+;. The normalized spacial score (nSPS) is 11.6. The Labute approximate surface area is 158 Å². The van der Waals surface area contributed by atoms with Gasteiger partial charge < -0.3 is 10.2 Å². The second-order valence-corrected chi connectivity index (χ2v) is 5.54. The third-order valence-electron chi connectivity index (χ3n) is 3.43. The van der Waals surface area contributed by atoms with E-state index in [0.29, 0.717) is 6.42 Å². The second kappa shape index (κ2) is 18.8. The van der Waals surface area contributed by atoms with Crippen molar-refractivity contribution >= 4 is 5.97 Å². The molecule has 0 radical (unpaired) electrons. The van der Waals surface area contributed by atoms with Crippen molar-refractivity contribution in [3.8, 4) is 0 Å². The van der Waals surface area contributed by atoms with Gasteiger partial charge in [-0.2, -0.15) is 0 Å². The van der Waals surface area contributed by atoms with E-state index in [-0.39, 0.29) is 41.7 Å². The Morgan fingerprint density at radius 2 is 1.59 bits per heavy atom. The number of allylic oxidation sites excluding steroid dienone is 3. The van der Waals surface area contributed by atoms with Crippen LogP contribution in [0.3, 0.4) is 0 Å². The number of unbranched alkanes of at least 4 members (excludes halogenated alkanes) is 8. The van der Waals surface area contributed by atoms with Crippen LogP contribution in [0.25, 0.3) is 0 Å². The first-order chi connectivity index (χ1) is 10.2. The van der Waals surface area contributed by atoms with Gasteiger partial charge in [-0.3, -0.25) is 4.79 Å². The summed E-state index contributed by atoms with van der Waals surface area (Å²) in [4.78, 5) is 10.3. The monoisotopic (exact) mass is 318 g/mol. The van der Waals surface area contributed by atoms with E-state index in [4.69, 9.17) is 5.11 Å². The van der Waals surface area contributed by atoms with E-state index in [9.17, 15) is 9.90 Å². The number of carbonyl (C=O) groups is 1. The molecule has 3 nitrogen and oxygen atoms in total. The third-order valence-corrected chi connectivity index (χ3v) is 3.43. The smallest absolute Gasteiger partial charge is 0.875 e. The first kappa shape index (κ1) is 24.0. The summed E-state index contributed by atoms with van der Waals surface area (Å²) in [5.74, 6) is -0.496. The molecular formula is C18H31NaO3. The van der Waals surface area contributed by atoms with Crippen molar-refractivity contribution in [1.82, 2.24) is 0 Å². The molecule has 0 bridgehead atoms. The van der Waals surface area contributed by atoms with Gasteiger partial charge in [0.1, 0.15) is 0 Å². The number of carboxylic acid groups (broad SMARTS) is 1. The van der Waals surface area contributed by atoms with E-state index in [0.717, 1.165) is 44.9 Å². The van der Waals surface area contributed by atoms with Crippen molar-refractivity contribution in [2.45, 2.75) is 84.0 Å². The molecule has 0 aliphatic carbocycles. The van der Waals surface area contributed by atoms with Crippen molar-refractivity contribution in [1.29, 1.82) is 0 Å². The largest absolute Gasteiger partial charge is 1.00 e. The fraction of sp³-hybridized carbons (Fsp3) is 0.722. The Hall–Kier alpha value is -0.250. The number of aliphatic carboxylic acids is 1. The fourth-order valence-corrected chi connectivity index (χ4v) is 2.13. The van der Waals surface area contributed by atoms with Gasteiger partial charge >= 0.3 is 35.5 Å². The van der Waals surface area contributed by atoms with Crippen molar-refractivity contribution < 1.29 is 44.6 Å². The predicted octanol–water partition coefficient (Wildman–Crippen LogP) is 1.58. The summed E-state index contributed by atoms with van der Waals surface area (Å²) >= 11 is 0. The number of carboxylic acids is 1. The van der Waals surface area contributed by atoms with Gasteiger partial charge in [0, 0.05) is 6.42 Å². The molecule has 0 atom stereocenters. The molecule has 4 heteroatoms. The summed E-state index contributed by atoms with van der Waals surface area (Å²) in [7, 11) is 0. The van der Waals surface area contributed by atoms with E-state index >= 15 is 0 Å². The van der Waals surface area contributed by atoms with E-state index in [1.165, 1.54) is 19.3 Å². The topological polar surface area (TPSA) is 60.4 Å². The van der Waals surface area contributed by atoms with Crippen LogP contribution in [0.4, 0.5) is 0 Å². The molecule has 0 aromatic rings. The maximum Gasteiger partial charge on any atom is 1.00 e. The summed E-state index contributed by atoms with van der Waals surface area (Å²) in [5, 5.41) is 20.1. The second-order valence-electron chi connectivity index (χ2n) is 5.54.